The summed E-state index contributed by atoms with van der Waals surface area (Å²) in [5.41, 5.74) is 6.16. The van der Waals surface area contributed by atoms with E-state index in [9.17, 15) is 0 Å². The van der Waals surface area contributed by atoms with Gasteiger partial charge in [-0.1, -0.05) is 81.8 Å². The second-order valence-corrected chi connectivity index (χ2v) is 7.94. The van der Waals surface area contributed by atoms with Crippen LogP contribution in [0.5, 0.6) is 0 Å². The summed E-state index contributed by atoms with van der Waals surface area (Å²) in [6.07, 6.45) is 8.86. The molecule has 0 radical (unpaired) electrons. The van der Waals surface area contributed by atoms with E-state index in [1.54, 1.807) is 0 Å². The maximum atomic E-state index is 6.27. The molecule has 0 spiro atoms. The average Bonchev–Trinajstić information content (AvgIpc) is 3.05. The lowest BCUT2D eigenvalue weighted by Gasteiger charge is -2.07. The maximum Gasteiger partial charge on any atom is 0.135 e. The van der Waals surface area contributed by atoms with Gasteiger partial charge in [0, 0.05) is 10.9 Å². The van der Waals surface area contributed by atoms with Gasteiger partial charge in [0.25, 0.3) is 0 Å². The molecular formula is C26H35NO. The van der Waals surface area contributed by atoms with Gasteiger partial charge < -0.3 is 9.73 Å². The van der Waals surface area contributed by atoms with Crippen LogP contribution in [0.2, 0.25) is 0 Å². The number of fused-ring (bicyclic) bond motifs is 1. The zero-order valence-corrected chi connectivity index (χ0v) is 17.8. The molecule has 0 aliphatic heterocycles. The summed E-state index contributed by atoms with van der Waals surface area (Å²) in [5, 5.41) is 4.83. The third kappa shape index (κ3) is 5.26. The summed E-state index contributed by atoms with van der Waals surface area (Å²) in [4.78, 5) is 0. The van der Waals surface area contributed by atoms with Crippen LogP contribution < -0.4 is 5.32 Å². The lowest BCUT2D eigenvalue weighted by atomic mass is 9.98. The largest absolute Gasteiger partial charge is 0.459 e. The molecule has 2 aromatic carbocycles. The fourth-order valence-corrected chi connectivity index (χ4v) is 3.89. The molecule has 0 saturated carbocycles. The van der Waals surface area contributed by atoms with Crippen LogP contribution >= 0.6 is 0 Å². The number of furan rings is 1. The second-order valence-electron chi connectivity index (χ2n) is 7.94. The number of unbranched alkanes of at least 4 members (excludes halogenated alkanes) is 4. The van der Waals surface area contributed by atoms with Gasteiger partial charge in [-0.05, 0) is 49.6 Å². The Morgan fingerprint density at radius 1 is 0.857 bits per heavy atom. The minimum Gasteiger partial charge on any atom is -0.459 e. The number of benzene rings is 2. The van der Waals surface area contributed by atoms with Gasteiger partial charge in [-0.25, -0.2) is 0 Å². The maximum absolute atomic E-state index is 6.27. The van der Waals surface area contributed by atoms with Crippen LogP contribution in [-0.4, -0.2) is 6.54 Å². The normalized spacial score (nSPS) is 11.4. The number of nitrogens with one attached hydrogen (secondary N) is 1. The molecule has 0 bridgehead atoms. The molecule has 0 aliphatic carbocycles. The fourth-order valence-electron chi connectivity index (χ4n) is 3.89. The van der Waals surface area contributed by atoms with Crippen molar-refractivity contribution in [2.24, 2.45) is 0 Å². The first-order chi connectivity index (χ1) is 13.7. The lowest BCUT2D eigenvalue weighted by molar-refractivity contribution is 0.504. The highest BCUT2D eigenvalue weighted by Gasteiger charge is 2.16. The summed E-state index contributed by atoms with van der Waals surface area (Å²) in [6.45, 7) is 8.47. The Morgan fingerprint density at radius 3 is 2.39 bits per heavy atom. The van der Waals surface area contributed by atoms with Gasteiger partial charge in [0.05, 0.1) is 6.54 Å². The predicted octanol–water partition coefficient (Wildman–Crippen LogP) is 7.42. The SMILES string of the molecule is CCCCCCCNCc1oc2ccc(C)cc2c1-c1ccc(CCC)cc1. The van der Waals surface area contributed by atoms with Crippen LogP contribution in [0.4, 0.5) is 0 Å². The van der Waals surface area contributed by atoms with Gasteiger partial charge in [-0.2, -0.15) is 0 Å². The first-order valence-electron chi connectivity index (χ1n) is 11.0. The summed E-state index contributed by atoms with van der Waals surface area (Å²) in [6, 6.07) is 15.5. The molecule has 0 saturated heterocycles. The van der Waals surface area contributed by atoms with Crippen LogP contribution in [0.15, 0.2) is 46.9 Å². The number of hydrogen-bond donors (Lipinski definition) is 1. The molecule has 0 fully saturated rings. The third-order valence-corrected chi connectivity index (χ3v) is 5.44. The molecule has 3 aromatic rings. The van der Waals surface area contributed by atoms with E-state index >= 15 is 0 Å². The van der Waals surface area contributed by atoms with E-state index in [-0.39, 0.29) is 0 Å². The molecule has 0 unspecified atom stereocenters. The predicted molar refractivity (Wildman–Crippen MR) is 121 cm³/mol. The Bertz CT molecular complexity index is 860. The standard InChI is InChI=1S/C26H35NO/c1-4-6-7-8-9-17-27-19-25-26(22-14-12-21(10-5-2)13-15-22)23-18-20(3)11-16-24(23)28-25/h11-16,18,27H,4-10,17,19H2,1-3H3. The van der Waals surface area contributed by atoms with Crippen molar-refractivity contribution < 1.29 is 4.42 Å². The van der Waals surface area contributed by atoms with Crippen molar-refractivity contribution in [1.82, 2.24) is 5.32 Å². The summed E-state index contributed by atoms with van der Waals surface area (Å²) < 4.78 is 6.27. The molecule has 3 rings (SSSR count). The molecule has 28 heavy (non-hydrogen) atoms. The van der Waals surface area contributed by atoms with Crippen LogP contribution in [0.1, 0.15) is 69.3 Å². The van der Waals surface area contributed by atoms with Crippen molar-refractivity contribution in [3.05, 3.63) is 59.4 Å². The minimum atomic E-state index is 0.785. The van der Waals surface area contributed by atoms with Crippen LogP contribution in [0.25, 0.3) is 22.1 Å². The zero-order chi connectivity index (χ0) is 19.8. The molecular weight excluding hydrogens is 342 g/mol. The van der Waals surface area contributed by atoms with Crippen molar-refractivity contribution in [1.29, 1.82) is 0 Å². The Balaban J connectivity index is 1.78. The quantitative estimate of drug-likeness (QED) is 0.352. The Labute approximate surface area is 170 Å². The molecule has 0 aliphatic rings. The number of aryl methyl sites for hydroxylation is 2. The van der Waals surface area contributed by atoms with Crippen molar-refractivity contribution in [2.45, 2.75) is 72.3 Å². The van der Waals surface area contributed by atoms with Gasteiger partial charge in [-0.3, -0.25) is 0 Å². The molecule has 2 nitrogen and oxygen atoms in total. The van der Waals surface area contributed by atoms with E-state index in [1.807, 2.05) is 0 Å². The first kappa shape index (κ1) is 20.7. The highest BCUT2D eigenvalue weighted by molar-refractivity contribution is 5.96. The van der Waals surface area contributed by atoms with Gasteiger partial charge in [0.2, 0.25) is 0 Å². The van der Waals surface area contributed by atoms with Gasteiger partial charge in [0.1, 0.15) is 11.3 Å². The third-order valence-electron chi connectivity index (χ3n) is 5.44. The van der Waals surface area contributed by atoms with E-state index < -0.39 is 0 Å². The molecule has 0 atom stereocenters. The molecule has 2 heteroatoms. The molecule has 1 aromatic heterocycles. The number of hydrogen-bond acceptors (Lipinski definition) is 2. The second kappa shape index (κ2) is 10.5. The van der Waals surface area contributed by atoms with Crippen molar-refractivity contribution in [3.63, 3.8) is 0 Å². The Hall–Kier alpha value is -2.06. The Kier molecular flexibility index (Phi) is 7.73. The highest BCUT2D eigenvalue weighted by atomic mass is 16.3. The van der Waals surface area contributed by atoms with Crippen LogP contribution in [0.3, 0.4) is 0 Å². The van der Waals surface area contributed by atoms with E-state index in [0.717, 1.165) is 30.9 Å². The topological polar surface area (TPSA) is 25.2 Å². The van der Waals surface area contributed by atoms with Crippen LogP contribution in [0, 0.1) is 6.92 Å². The van der Waals surface area contributed by atoms with Gasteiger partial charge >= 0.3 is 0 Å². The molecule has 0 amide bonds. The average molecular weight is 378 g/mol. The van der Waals surface area contributed by atoms with Crippen molar-refractivity contribution >= 4 is 11.0 Å². The smallest absolute Gasteiger partial charge is 0.135 e. The summed E-state index contributed by atoms with van der Waals surface area (Å²) >= 11 is 0. The van der Waals surface area contributed by atoms with Crippen LogP contribution in [-0.2, 0) is 13.0 Å². The van der Waals surface area contributed by atoms with E-state index in [2.05, 4.69) is 68.6 Å². The first-order valence-corrected chi connectivity index (χ1v) is 11.0. The summed E-state index contributed by atoms with van der Waals surface area (Å²) in [5.74, 6) is 1.05. The van der Waals surface area contributed by atoms with Crippen molar-refractivity contribution in [2.75, 3.05) is 6.54 Å². The monoisotopic (exact) mass is 377 g/mol. The molecule has 150 valence electrons. The Morgan fingerprint density at radius 2 is 1.64 bits per heavy atom. The molecule has 1 N–H and O–H groups in total. The fraction of sp³-hybridized carbons (Fsp3) is 0.462. The molecule has 1 heterocycles. The summed E-state index contributed by atoms with van der Waals surface area (Å²) in [7, 11) is 0. The number of rotatable bonds is 11. The van der Waals surface area contributed by atoms with E-state index in [4.69, 9.17) is 4.42 Å². The van der Waals surface area contributed by atoms with E-state index in [1.165, 1.54) is 66.2 Å². The lowest BCUT2D eigenvalue weighted by Crippen LogP contribution is -2.14. The van der Waals surface area contributed by atoms with E-state index in [0.29, 0.717) is 0 Å². The van der Waals surface area contributed by atoms with Gasteiger partial charge in [-0.15, -0.1) is 0 Å². The zero-order valence-electron chi connectivity index (χ0n) is 17.8. The highest BCUT2D eigenvalue weighted by Crippen LogP contribution is 2.35. The minimum absolute atomic E-state index is 0.785. The van der Waals surface area contributed by atoms with Crippen molar-refractivity contribution in [3.8, 4) is 11.1 Å². The van der Waals surface area contributed by atoms with Gasteiger partial charge in [0.15, 0.2) is 0 Å².